The van der Waals surface area contributed by atoms with Crippen molar-refractivity contribution < 1.29 is 0 Å². The van der Waals surface area contributed by atoms with Crippen LogP contribution in [0, 0.1) is 16.7 Å². The summed E-state index contributed by atoms with van der Waals surface area (Å²) >= 11 is -6.12. The molecule has 2 aliphatic rings. The van der Waals surface area contributed by atoms with E-state index in [9.17, 15) is 0 Å². The Bertz CT molecular complexity index is 2920. The van der Waals surface area contributed by atoms with Gasteiger partial charge >= 0.3 is 625 Å². The molecule has 2 aliphatic heterocycles. The van der Waals surface area contributed by atoms with Crippen LogP contribution in [0.3, 0.4) is 0 Å². The molecular weight excluding hydrogens is 1570 g/mol. The van der Waals surface area contributed by atoms with Gasteiger partial charge in [-0.1, -0.05) is 0 Å². The molecule has 0 nitrogen and oxygen atoms in total. The van der Waals surface area contributed by atoms with Crippen molar-refractivity contribution in [3.8, 4) is 0 Å². The van der Waals surface area contributed by atoms with Crippen molar-refractivity contribution in [2.24, 2.45) is 16.7 Å². The summed E-state index contributed by atoms with van der Waals surface area (Å²) in [4.78, 5) is 0. The van der Waals surface area contributed by atoms with Crippen molar-refractivity contribution >= 4 is 160 Å². The van der Waals surface area contributed by atoms with Crippen LogP contribution in [0.4, 0.5) is 0 Å². The predicted molar refractivity (Wildman–Crippen MR) is 485 cm³/mol. The monoisotopic (exact) mass is 1730 g/mol. The fourth-order valence-electron chi connectivity index (χ4n) is 25.3. The zero-order chi connectivity index (χ0) is 74.5. The van der Waals surface area contributed by atoms with Gasteiger partial charge in [0, 0.05) is 0 Å². The molecule has 0 N–H and O–H groups in total. The molecule has 0 aliphatic carbocycles. The third kappa shape index (κ3) is 17.6. The minimum atomic E-state index is -3.13. The minimum absolute atomic E-state index is 0.0450. The van der Waals surface area contributed by atoms with Gasteiger partial charge < -0.3 is 0 Å². The number of hydrogen-bond acceptors (Lipinski definition) is 0. The Morgan fingerprint density at radius 3 is 0.755 bits per heavy atom. The summed E-state index contributed by atoms with van der Waals surface area (Å²) in [6, 6.07) is 12.6. The summed E-state index contributed by atoms with van der Waals surface area (Å²) < 4.78 is 12.1. The normalized spacial score (nSPS) is 19.0. The van der Waals surface area contributed by atoms with Crippen LogP contribution in [0.5, 0.6) is 0 Å². The van der Waals surface area contributed by atoms with Crippen LogP contribution in [0.15, 0.2) is 65.9 Å². The summed E-state index contributed by atoms with van der Waals surface area (Å²) in [5, 5.41) is 2.70. The zero-order valence-electron chi connectivity index (χ0n) is 72.2. The molecule has 94 heavy (non-hydrogen) atoms. The predicted octanol–water partition coefficient (Wildman–Crippen LogP) is 25.6. The van der Waals surface area contributed by atoms with Gasteiger partial charge in [0.1, 0.15) is 0 Å². The fourth-order valence-corrected chi connectivity index (χ4v) is 160. The molecule has 2 heterocycles. The molecule has 0 spiro atoms. The van der Waals surface area contributed by atoms with E-state index in [0.717, 1.165) is 0 Å². The molecule has 16 heteroatoms. The van der Waals surface area contributed by atoms with Gasteiger partial charge in [-0.3, -0.25) is 0 Å². The number of hydrogen-bond donors (Lipinski definition) is 0. The summed E-state index contributed by atoms with van der Waals surface area (Å²) in [7, 11) is -26.0. The maximum atomic E-state index is 3.16. The van der Waals surface area contributed by atoms with E-state index in [1.165, 1.54) is 0 Å². The van der Waals surface area contributed by atoms with E-state index < -0.39 is 153 Å². The van der Waals surface area contributed by atoms with Gasteiger partial charge in [-0.2, -0.15) is 0 Å². The third-order valence-electron chi connectivity index (χ3n) is 23.1. The summed E-state index contributed by atoms with van der Waals surface area (Å²) in [5.41, 5.74) is 11.6. The first-order chi connectivity index (χ1) is 40.8. The first-order valence-electron chi connectivity index (χ1n) is 37.8. The summed E-state index contributed by atoms with van der Waals surface area (Å²) in [6.07, 6.45) is 14.5. The van der Waals surface area contributed by atoms with Crippen molar-refractivity contribution in [3.63, 3.8) is 0 Å². The first kappa shape index (κ1) is 88.4. The molecular formula is C78H160Si14Sn2. The average Bonchev–Trinajstić information content (AvgIpc) is 0.700. The average molecular weight is 1730 g/mol. The summed E-state index contributed by atoms with van der Waals surface area (Å²) in [5.74, 6) is 0.383. The second kappa shape index (κ2) is 27.7. The van der Waals surface area contributed by atoms with Crippen LogP contribution < -0.4 is 7.16 Å². The molecule has 0 amide bonds. The second-order valence-corrected chi connectivity index (χ2v) is 141. The molecule has 0 saturated carbocycles. The molecule has 0 fully saturated rings. The zero-order valence-corrected chi connectivity index (χ0v) is 91.9. The molecule has 0 saturated heterocycles. The standard InChI is InChI=1S/2C30H67Si7.C18H26.2Sn/c2*1-31(2,3)28(32(4,5)6)25-22-26(29(33(7,8)9)34(10,11)12)24-27(23-25)30(35(13,14)15,36(16,17)18)37(19,20)21;1-8-16(13-15-18(5,6)7)12-10-9-11-14-17(2,3)4;;/h2*23-24,28-29H,1-21H3;1,8-13,16H,2-7H3;;. The van der Waals surface area contributed by atoms with Crippen LogP contribution >= 0.6 is 0 Å². The van der Waals surface area contributed by atoms with E-state index in [1.54, 1.807) is 0 Å². The topological polar surface area (TPSA) is 0 Å². The van der Waals surface area contributed by atoms with E-state index in [2.05, 4.69) is 375 Å². The Morgan fingerprint density at radius 1 is 0.309 bits per heavy atom. The number of rotatable bonds is 23. The van der Waals surface area contributed by atoms with Crippen molar-refractivity contribution in [3.05, 3.63) is 99.3 Å². The fraction of sp³-hybridized carbons (Fsp3) is 0.744. The SMILES string of the molecule is CC(C)(C)[C]1=CC([CH]2C=CC=[C](C(C)(C)C)[Sn]2[c]2c(C([Si](C)(C)C)[Si](C)(C)C)cc(C([Si](C)(C)C)([Si](C)(C)C)[Si](C)(C)C)cc2C([Si](C)(C)C)[Si](C)(C)C)C=[CH][Sn]1[c]1c(C([Si](C)(C)C)[Si](C)(C)C)cc(C([Si](C)(C)C)([Si](C)(C)C)[Si](C)(C)C)cc1C([Si](C)(C)C)[Si](C)(C)C. The second-order valence-electron chi connectivity index (χ2n) is 48.1. The first-order valence-corrected chi connectivity index (χ1v) is 96.4. The molecule has 0 bridgehead atoms. The maximum absolute atomic E-state index is 3.16. The number of allylic oxidation sites excluding steroid dienone is 7. The Labute approximate surface area is 618 Å². The van der Waals surface area contributed by atoms with Crippen LogP contribution in [-0.2, 0) is 8.57 Å². The van der Waals surface area contributed by atoms with Gasteiger partial charge in [-0.05, 0) is 0 Å². The van der Waals surface area contributed by atoms with Crippen LogP contribution in [-0.4, -0.2) is 153 Å². The molecule has 0 aromatic heterocycles. The van der Waals surface area contributed by atoms with Crippen molar-refractivity contribution in [2.45, 2.75) is 350 Å². The molecule has 2 aromatic carbocycles. The van der Waals surface area contributed by atoms with Gasteiger partial charge in [0.15, 0.2) is 0 Å². The van der Waals surface area contributed by atoms with Gasteiger partial charge in [-0.25, -0.2) is 0 Å². The van der Waals surface area contributed by atoms with Crippen LogP contribution in [0.1, 0.15) is 95.6 Å². The molecule has 2 aromatic rings. The van der Waals surface area contributed by atoms with E-state index in [1.807, 2.05) is 47.7 Å². The van der Waals surface area contributed by atoms with E-state index in [-0.39, 0.29) is 10.8 Å². The Hall–Kier alpha value is 2.03. The van der Waals surface area contributed by atoms with Gasteiger partial charge in [0.05, 0.1) is 0 Å². The van der Waals surface area contributed by atoms with Crippen molar-refractivity contribution in [1.29, 1.82) is 0 Å². The van der Waals surface area contributed by atoms with Crippen LogP contribution in [0.25, 0.3) is 0 Å². The van der Waals surface area contributed by atoms with Crippen LogP contribution in [0.2, 0.25) is 279 Å². The van der Waals surface area contributed by atoms with Gasteiger partial charge in [0.25, 0.3) is 0 Å². The van der Waals surface area contributed by atoms with Gasteiger partial charge in [-0.15, -0.1) is 0 Å². The van der Waals surface area contributed by atoms with E-state index >= 15 is 0 Å². The molecule has 2 unspecified atom stereocenters. The van der Waals surface area contributed by atoms with E-state index in [0.29, 0.717) is 39.1 Å². The van der Waals surface area contributed by atoms with Crippen molar-refractivity contribution in [2.75, 3.05) is 0 Å². The Balaban J connectivity index is 2.61. The Kier molecular flexibility index (Phi) is 26.1. The molecule has 536 valence electrons. The van der Waals surface area contributed by atoms with Gasteiger partial charge in [0.2, 0.25) is 0 Å². The quantitative estimate of drug-likeness (QED) is 0.0973. The Morgan fingerprint density at radius 2 is 0.543 bits per heavy atom. The molecule has 2 atom stereocenters. The molecule has 4 rings (SSSR count). The third-order valence-corrected chi connectivity index (χ3v) is 122. The van der Waals surface area contributed by atoms with E-state index in [4.69, 9.17) is 0 Å². The number of benzene rings is 2. The summed E-state index contributed by atoms with van der Waals surface area (Å²) in [6.45, 7) is 135. The van der Waals surface area contributed by atoms with Crippen molar-refractivity contribution in [1.82, 2.24) is 0 Å². The molecule has 2 radical (unpaired) electrons.